The van der Waals surface area contributed by atoms with E-state index in [-0.39, 0.29) is 12.4 Å². The SMILES string of the molecule is CCOc1cc(-c2c(-c3ccccc3)cnc(N)c2C#N)ccc1OCc1ccc(Cl)c(Cl)c1. The van der Waals surface area contributed by atoms with Gasteiger partial charge in [0.25, 0.3) is 0 Å². The Bertz CT molecular complexity index is 1370. The first-order valence-electron chi connectivity index (χ1n) is 10.6. The maximum absolute atomic E-state index is 9.87. The molecule has 0 radical (unpaired) electrons. The van der Waals surface area contributed by atoms with Crippen molar-refractivity contribution < 1.29 is 9.47 Å². The Morgan fingerprint density at radius 3 is 2.41 bits per heavy atom. The van der Waals surface area contributed by atoms with Gasteiger partial charge < -0.3 is 15.2 Å². The van der Waals surface area contributed by atoms with Gasteiger partial charge in [0.05, 0.1) is 16.7 Å². The summed E-state index contributed by atoms with van der Waals surface area (Å²) in [5.74, 6) is 1.30. The summed E-state index contributed by atoms with van der Waals surface area (Å²) in [5.41, 5.74) is 10.5. The van der Waals surface area contributed by atoms with Crippen LogP contribution in [0.2, 0.25) is 10.0 Å². The lowest BCUT2D eigenvalue weighted by Crippen LogP contribution is -2.02. The first-order valence-corrected chi connectivity index (χ1v) is 11.3. The van der Waals surface area contributed by atoms with Gasteiger partial charge in [-0.15, -0.1) is 0 Å². The number of nitrogens with zero attached hydrogens (tertiary/aromatic N) is 2. The Labute approximate surface area is 208 Å². The molecule has 170 valence electrons. The minimum Gasteiger partial charge on any atom is -0.490 e. The summed E-state index contributed by atoms with van der Waals surface area (Å²) in [6.07, 6.45) is 1.69. The average molecular weight is 490 g/mol. The average Bonchev–Trinajstić information content (AvgIpc) is 2.85. The van der Waals surface area contributed by atoms with Crippen LogP contribution in [0.4, 0.5) is 5.82 Å². The topological polar surface area (TPSA) is 81.2 Å². The summed E-state index contributed by atoms with van der Waals surface area (Å²) in [6.45, 7) is 2.63. The van der Waals surface area contributed by atoms with Crippen LogP contribution >= 0.6 is 23.2 Å². The van der Waals surface area contributed by atoms with E-state index in [1.807, 2.05) is 61.5 Å². The summed E-state index contributed by atoms with van der Waals surface area (Å²) < 4.78 is 11.9. The van der Waals surface area contributed by atoms with Crippen molar-refractivity contribution in [1.82, 2.24) is 4.98 Å². The number of ether oxygens (including phenoxy) is 2. The van der Waals surface area contributed by atoms with Crippen molar-refractivity contribution in [2.75, 3.05) is 12.3 Å². The molecule has 4 aromatic rings. The van der Waals surface area contributed by atoms with Crippen LogP contribution in [0.25, 0.3) is 22.3 Å². The van der Waals surface area contributed by atoms with E-state index < -0.39 is 0 Å². The fraction of sp³-hybridized carbons (Fsp3) is 0.111. The molecular weight excluding hydrogens is 469 g/mol. The normalized spacial score (nSPS) is 10.5. The van der Waals surface area contributed by atoms with Crippen LogP contribution in [-0.4, -0.2) is 11.6 Å². The van der Waals surface area contributed by atoms with Gasteiger partial charge in [0.15, 0.2) is 11.5 Å². The molecule has 4 rings (SSSR count). The second-order valence-electron chi connectivity index (χ2n) is 7.42. The molecule has 0 amide bonds. The molecule has 5 nitrogen and oxygen atoms in total. The zero-order valence-electron chi connectivity index (χ0n) is 18.4. The molecule has 0 bridgehead atoms. The van der Waals surface area contributed by atoms with Crippen LogP contribution in [0.1, 0.15) is 18.1 Å². The maximum Gasteiger partial charge on any atom is 0.161 e. The summed E-state index contributed by atoms with van der Waals surface area (Å²) in [5, 5.41) is 10.8. The molecule has 7 heteroatoms. The molecule has 0 aliphatic carbocycles. The summed E-state index contributed by atoms with van der Waals surface area (Å²) in [6, 6.07) is 22.9. The van der Waals surface area contributed by atoms with Crippen LogP contribution in [0.3, 0.4) is 0 Å². The van der Waals surface area contributed by atoms with Gasteiger partial charge in [-0.1, -0.05) is 65.7 Å². The van der Waals surface area contributed by atoms with E-state index >= 15 is 0 Å². The quantitative estimate of drug-likeness (QED) is 0.297. The van der Waals surface area contributed by atoms with E-state index in [0.717, 1.165) is 22.3 Å². The van der Waals surface area contributed by atoms with Crippen molar-refractivity contribution in [3.8, 4) is 39.8 Å². The molecule has 0 aliphatic heterocycles. The number of pyridine rings is 1. The fourth-order valence-electron chi connectivity index (χ4n) is 3.62. The smallest absolute Gasteiger partial charge is 0.161 e. The molecule has 2 N–H and O–H groups in total. The summed E-state index contributed by atoms with van der Waals surface area (Å²) >= 11 is 12.1. The van der Waals surface area contributed by atoms with Gasteiger partial charge in [0.2, 0.25) is 0 Å². The molecule has 0 atom stereocenters. The van der Waals surface area contributed by atoms with Gasteiger partial charge in [-0.3, -0.25) is 0 Å². The minimum atomic E-state index is 0.176. The molecule has 0 unspecified atom stereocenters. The highest BCUT2D eigenvalue weighted by Crippen LogP contribution is 2.40. The summed E-state index contributed by atoms with van der Waals surface area (Å²) in [7, 11) is 0. The first-order chi connectivity index (χ1) is 16.5. The molecule has 0 saturated carbocycles. The second kappa shape index (κ2) is 10.5. The number of anilines is 1. The Hall–Kier alpha value is -3.72. The Balaban J connectivity index is 1.76. The summed E-state index contributed by atoms with van der Waals surface area (Å²) in [4.78, 5) is 4.24. The van der Waals surface area contributed by atoms with Crippen LogP contribution in [0.15, 0.2) is 72.9 Å². The number of nitriles is 1. The molecule has 0 aliphatic rings. The van der Waals surface area contributed by atoms with Gasteiger partial charge in [-0.2, -0.15) is 5.26 Å². The lowest BCUT2D eigenvalue weighted by molar-refractivity contribution is 0.269. The third kappa shape index (κ3) is 4.94. The number of hydrogen-bond donors (Lipinski definition) is 1. The van der Waals surface area contributed by atoms with Gasteiger partial charge in [0, 0.05) is 17.3 Å². The number of aromatic nitrogens is 1. The predicted molar refractivity (Wildman–Crippen MR) is 136 cm³/mol. The maximum atomic E-state index is 9.87. The molecule has 3 aromatic carbocycles. The van der Waals surface area contributed by atoms with E-state index in [2.05, 4.69) is 11.1 Å². The van der Waals surface area contributed by atoms with Crippen LogP contribution < -0.4 is 15.2 Å². The number of hydrogen-bond acceptors (Lipinski definition) is 5. The highest BCUT2D eigenvalue weighted by Gasteiger charge is 2.18. The number of nitrogen functional groups attached to an aromatic ring is 1. The number of nitrogens with two attached hydrogens (primary N) is 1. The highest BCUT2D eigenvalue weighted by molar-refractivity contribution is 6.42. The van der Waals surface area contributed by atoms with E-state index in [0.29, 0.717) is 39.3 Å². The van der Waals surface area contributed by atoms with Gasteiger partial charge in [-0.25, -0.2) is 4.98 Å². The molecule has 1 heterocycles. The molecular formula is C27H21Cl2N3O2. The standard InChI is InChI=1S/C27H21Cl2N3O2/c1-2-33-25-13-19(9-11-24(25)34-16-17-8-10-22(28)23(29)12-17)26-20(14-30)27(31)32-15-21(26)18-6-4-3-5-7-18/h3-13,15H,2,16H2,1H3,(H2,31,32). The van der Waals surface area contributed by atoms with Crippen molar-refractivity contribution in [2.45, 2.75) is 13.5 Å². The third-order valence-electron chi connectivity index (χ3n) is 5.22. The third-order valence-corrected chi connectivity index (χ3v) is 5.95. The lowest BCUT2D eigenvalue weighted by atomic mass is 9.92. The van der Waals surface area contributed by atoms with Gasteiger partial charge in [0.1, 0.15) is 24.1 Å². The number of benzene rings is 3. The van der Waals surface area contributed by atoms with Crippen molar-refractivity contribution >= 4 is 29.0 Å². The molecule has 0 fully saturated rings. The predicted octanol–water partition coefficient (Wildman–Crippen LogP) is 7.15. The molecule has 1 aromatic heterocycles. The Morgan fingerprint density at radius 2 is 1.71 bits per heavy atom. The van der Waals surface area contributed by atoms with E-state index in [1.165, 1.54) is 0 Å². The Kier molecular flexibility index (Phi) is 7.22. The lowest BCUT2D eigenvalue weighted by Gasteiger charge is -2.17. The first kappa shape index (κ1) is 23.4. The second-order valence-corrected chi connectivity index (χ2v) is 8.23. The highest BCUT2D eigenvalue weighted by atomic mass is 35.5. The van der Waals surface area contributed by atoms with Crippen molar-refractivity contribution in [3.63, 3.8) is 0 Å². The monoisotopic (exact) mass is 489 g/mol. The molecule has 0 spiro atoms. The van der Waals surface area contributed by atoms with Crippen LogP contribution in [0.5, 0.6) is 11.5 Å². The van der Waals surface area contributed by atoms with Crippen molar-refractivity contribution in [1.29, 1.82) is 5.26 Å². The van der Waals surface area contributed by atoms with Crippen LogP contribution in [-0.2, 0) is 6.61 Å². The van der Waals surface area contributed by atoms with Gasteiger partial charge in [-0.05, 0) is 47.9 Å². The van der Waals surface area contributed by atoms with E-state index in [1.54, 1.807) is 18.3 Å². The Morgan fingerprint density at radius 1 is 0.912 bits per heavy atom. The molecule has 0 saturated heterocycles. The fourth-order valence-corrected chi connectivity index (χ4v) is 3.94. The number of halogens is 2. The zero-order valence-corrected chi connectivity index (χ0v) is 19.9. The largest absolute Gasteiger partial charge is 0.490 e. The number of rotatable bonds is 7. The van der Waals surface area contributed by atoms with E-state index in [9.17, 15) is 5.26 Å². The zero-order chi connectivity index (χ0) is 24.1. The van der Waals surface area contributed by atoms with E-state index in [4.69, 9.17) is 38.4 Å². The van der Waals surface area contributed by atoms with Crippen molar-refractivity contribution in [3.05, 3.63) is 94.1 Å². The van der Waals surface area contributed by atoms with Crippen LogP contribution in [0, 0.1) is 11.3 Å². The molecule has 34 heavy (non-hydrogen) atoms. The van der Waals surface area contributed by atoms with Crippen molar-refractivity contribution in [2.24, 2.45) is 0 Å². The minimum absolute atomic E-state index is 0.176. The van der Waals surface area contributed by atoms with Gasteiger partial charge >= 0.3 is 0 Å².